The van der Waals surface area contributed by atoms with Crippen LogP contribution in [0.5, 0.6) is 0 Å². The molecule has 0 aliphatic heterocycles. The molecule has 0 aliphatic carbocycles. The summed E-state index contributed by atoms with van der Waals surface area (Å²) in [6, 6.07) is 83.4. The van der Waals surface area contributed by atoms with Crippen LogP contribution < -0.4 is 9.80 Å². The number of fused-ring (bicyclic) bond motifs is 3. The Hall–Kier alpha value is -8.13. The lowest BCUT2D eigenvalue weighted by Gasteiger charge is -2.26. The van der Waals surface area contributed by atoms with E-state index >= 15 is 0 Å². The van der Waals surface area contributed by atoms with E-state index in [9.17, 15) is 5.26 Å². The lowest BCUT2D eigenvalue weighted by atomic mass is 9.97. The van der Waals surface area contributed by atoms with E-state index in [4.69, 9.17) is 0 Å². The molecule has 278 valence electrons. The molecule has 0 atom stereocenters. The van der Waals surface area contributed by atoms with Crippen molar-refractivity contribution in [3.8, 4) is 34.0 Å². The highest BCUT2D eigenvalue weighted by Gasteiger charge is 2.21. The van der Waals surface area contributed by atoms with Crippen LogP contribution in [0.3, 0.4) is 0 Å². The summed E-state index contributed by atoms with van der Waals surface area (Å²) in [5.41, 5.74) is 14.7. The smallest absolute Gasteiger partial charge is 0.0998 e. The number of hydrogen-bond donors (Lipinski definition) is 0. The third-order valence-electron chi connectivity index (χ3n) is 11.0. The first-order chi connectivity index (χ1) is 29.2. The summed E-state index contributed by atoms with van der Waals surface area (Å²) in [6.45, 7) is 0. The SMILES string of the molecule is N#Cc1ccccc1-c1ccc(-c2ccccc2-n2c3ccc(N(c4ccccc4)c4ccccc4)cc3c3cc(N(c4ccccc4)c4ccccc4)ccc32)cc1. The maximum atomic E-state index is 9.80. The van der Waals surface area contributed by atoms with E-state index in [1.165, 1.54) is 0 Å². The van der Waals surface area contributed by atoms with Crippen LogP contribution in [0.2, 0.25) is 0 Å². The molecule has 9 aromatic carbocycles. The lowest BCUT2D eigenvalue weighted by molar-refractivity contribution is 1.18. The molecule has 1 aromatic heterocycles. The molecule has 0 spiro atoms. The van der Waals surface area contributed by atoms with Crippen molar-refractivity contribution in [3.63, 3.8) is 0 Å². The van der Waals surface area contributed by atoms with Crippen LogP contribution in [0.15, 0.2) is 231 Å². The third kappa shape index (κ3) is 6.57. The molecule has 0 radical (unpaired) electrons. The Kier molecular flexibility index (Phi) is 9.23. The van der Waals surface area contributed by atoms with Gasteiger partial charge in [0.25, 0.3) is 0 Å². The van der Waals surface area contributed by atoms with E-state index in [0.717, 1.165) is 83.9 Å². The largest absolute Gasteiger partial charge is 0.310 e. The summed E-state index contributed by atoms with van der Waals surface area (Å²) in [4.78, 5) is 4.65. The number of rotatable bonds is 9. The maximum absolute atomic E-state index is 9.80. The topological polar surface area (TPSA) is 35.2 Å². The maximum Gasteiger partial charge on any atom is 0.0998 e. The molecule has 0 unspecified atom stereocenters. The Morgan fingerprint density at radius 2 is 0.712 bits per heavy atom. The van der Waals surface area contributed by atoms with Crippen molar-refractivity contribution in [2.45, 2.75) is 0 Å². The molecule has 4 heteroatoms. The molecule has 0 saturated heterocycles. The van der Waals surface area contributed by atoms with Gasteiger partial charge in [-0.15, -0.1) is 0 Å². The number of nitrogens with zero attached hydrogens (tertiary/aromatic N) is 4. The molecule has 59 heavy (non-hydrogen) atoms. The standard InChI is InChI=1S/C55H38N4/c56-39-42-17-13-14-26-49(42)40-29-31-41(32-30-40)50-27-15-16-28-53(50)59-54-35-33-47(57(43-18-5-1-6-19-43)44-20-7-2-8-21-44)37-51(54)52-38-48(34-36-55(52)59)58(45-22-9-3-10-23-45)46-24-11-4-12-25-46/h1-38H. The van der Waals surface area contributed by atoms with Gasteiger partial charge in [0, 0.05) is 50.5 Å². The van der Waals surface area contributed by atoms with Gasteiger partial charge in [0.05, 0.1) is 28.4 Å². The van der Waals surface area contributed by atoms with Crippen LogP contribution >= 0.6 is 0 Å². The van der Waals surface area contributed by atoms with Gasteiger partial charge in [-0.1, -0.05) is 133 Å². The fraction of sp³-hybridized carbons (Fsp3) is 0. The number of anilines is 6. The van der Waals surface area contributed by atoms with Crippen LogP contribution in [0.1, 0.15) is 5.56 Å². The number of nitriles is 1. The van der Waals surface area contributed by atoms with Crippen molar-refractivity contribution in [3.05, 3.63) is 236 Å². The van der Waals surface area contributed by atoms with Gasteiger partial charge in [0.1, 0.15) is 0 Å². The molecule has 10 rings (SSSR count). The number of para-hydroxylation sites is 5. The second-order valence-electron chi connectivity index (χ2n) is 14.5. The minimum Gasteiger partial charge on any atom is -0.310 e. The van der Waals surface area contributed by atoms with Crippen molar-refractivity contribution in [1.29, 1.82) is 5.26 Å². The molecular formula is C55H38N4. The summed E-state index contributed by atoms with van der Waals surface area (Å²) in [5, 5.41) is 12.1. The fourth-order valence-corrected chi connectivity index (χ4v) is 8.31. The summed E-state index contributed by atoms with van der Waals surface area (Å²) < 4.78 is 2.41. The molecular weight excluding hydrogens is 717 g/mol. The van der Waals surface area contributed by atoms with Gasteiger partial charge in [-0.05, 0) is 114 Å². The number of hydrogen-bond acceptors (Lipinski definition) is 3. The van der Waals surface area contributed by atoms with E-state index in [-0.39, 0.29) is 0 Å². The van der Waals surface area contributed by atoms with Gasteiger partial charge < -0.3 is 14.4 Å². The zero-order chi connectivity index (χ0) is 39.5. The Morgan fingerprint density at radius 3 is 1.15 bits per heavy atom. The summed E-state index contributed by atoms with van der Waals surface area (Å²) in [6.07, 6.45) is 0. The summed E-state index contributed by atoms with van der Waals surface area (Å²) in [5.74, 6) is 0. The average Bonchev–Trinajstić information content (AvgIpc) is 3.63. The van der Waals surface area contributed by atoms with Gasteiger partial charge in [-0.3, -0.25) is 0 Å². The quantitative estimate of drug-likeness (QED) is 0.147. The minimum absolute atomic E-state index is 0.667. The van der Waals surface area contributed by atoms with E-state index in [1.807, 2.05) is 24.3 Å². The molecule has 0 bridgehead atoms. The zero-order valence-corrected chi connectivity index (χ0v) is 32.2. The highest BCUT2D eigenvalue weighted by atomic mass is 15.1. The average molecular weight is 755 g/mol. The lowest BCUT2D eigenvalue weighted by Crippen LogP contribution is -2.09. The minimum atomic E-state index is 0.667. The predicted molar refractivity (Wildman–Crippen MR) is 246 cm³/mol. The Balaban J connectivity index is 1.20. The monoisotopic (exact) mass is 754 g/mol. The normalized spacial score (nSPS) is 11.0. The second-order valence-corrected chi connectivity index (χ2v) is 14.5. The van der Waals surface area contributed by atoms with Gasteiger partial charge in [-0.25, -0.2) is 0 Å². The molecule has 10 aromatic rings. The highest BCUT2D eigenvalue weighted by molar-refractivity contribution is 6.12. The highest BCUT2D eigenvalue weighted by Crippen LogP contribution is 2.44. The molecule has 0 saturated carbocycles. The Labute approximate surface area is 344 Å². The van der Waals surface area contributed by atoms with Crippen molar-refractivity contribution >= 4 is 55.9 Å². The van der Waals surface area contributed by atoms with Crippen molar-refractivity contribution in [1.82, 2.24) is 4.57 Å². The van der Waals surface area contributed by atoms with E-state index < -0.39 is 0 Å². The van der Waals surface area contributed by atoms with Gasteiger partial charge in [0.15, 0.2) is 0 Å². The van der Waals surface area contributed by atoms with Crippen LogP contribution in [-0.4, -0.2) is 4.57 Å². The first kappa shape index (κ1) is 35.3. The molecule has 0 amide bonds. The van der Waals surface area contributed by atoms with Gasteiger partial charge in [-0.2, -0.15) is 5.26 Å². The first-order valence-corrected chi connectivity index (χ1v) is 19.8. The van der Waals surface area contributed by atoms with Crippen molar-refractivity contribution in [2.24, 2.45) is 0 Å². The summed E-state index contributed by atoms with van der Waals surface area (Å²) in [7, 11) is 0. The van der Waals surface area contributed by atoms with Crippen molar-refractivity contribution < 1.29 is 0 Å². The molecule has 1 heterocycles. The molecule has 0 N–H and O–H groups in total. The van der Waals surface area contributed by atoms with Gasteiger partial charge >= 0.3 is 0 Å². The third-order valence-corrected chi connectivity index (χ3v) is 11.0. The van der Waals surface area contributed by atoms with E-state index in [1.54, 1.807) is 0 Å². The van der Waals surface area contributed by atoms with E-state index in [0.29, 0.717) is 5.56 Å². The second kappa shape index (κ2) is 15.4. The Morgan fingerprint density at radius 1 is 0.339 bits per heavy atom. The number of aromatic nitrogens is 1. The molecule has 0 aliphatic rings. The molecule has 4 nitrogen and oxygen atoms in total. The zero-order valence-electron chi connectivity index (χ0n) is 32.2. The fourth-order valence-electron chi connectivity index (χ4n) is 8.31. The molecule has 0 fully saturated rings. The van der Waals surface area contributed by atoms with Crippen LogP contribution in [0.4, 0.5) is 34.1 Å². The summed E-state index contributed by atoms with van der Waals surface area (Å²) >= 11 is 0. The Bertz CT molecular complexity index is 2880. The van der Waals surface area contributed by atoms with Gasteiger partial charge in [0.2, 0.25) is 0 Å². The van der Waals surface area contributed by atoms with Crippen LogP contribution in [0, 0.1) is 11.3 Å². The first-order valence-electron chi connectivity index (χ1n) is 19.8. The number of benzene rings is 9. The van der Waals surface area contributed by atoms with Crippen molar-refractivity contribution in [2.75, 3.05) is 9.80 Å². The van der Waals surface area contributed by atoms with Crippen LogP contribution in [-0.2, 0) is 0 Å². The van der Waals surface area contributed by atoms with Crippen LogP contribution in [0.25, 0.3) is 49.7 Å². The predicted octanol–water partition coefficient (Wildman–Crippen LogP) is 14.9. The van der Waals surface area contributed by atoms with E-state index in [2.05, 4.69) is 227 Å².